The van der Waals surface area contributed by atoms with Crippen LogP contribution in [-0.2, 0) is 0 Å². The SMILES string of the molecule is CCN(CCCCC(C)C)C(=O)c1cc(C)no1. The number of amides is 1. The van der Waals surface area contributed by atoms with Crippen molar-refractivity contribution in [2.75, 3.05) is 13.1 Å². The van der Waals surface area contributed by atoms with Gasteiger partial charge in [0, 0.05) is 19.2 Å². The third-order valence-corrected chi connectivity index (χ3v) is 2.97. The van der Waals surface area contributed by atoms with Gasteiger partial charge in [-0.1, -0.05) is 31.8 Å². The van der Waals surface area contributed by atoms with Crippen molar-refractivity contribution < 1.29 is 9.32 Å². The molecule has 102 valence electrons. The summed E-state index contributed by atoms with van der Waals surface area (Å²) in [4.78, 5) is 13.9. The number of aryl methyl sites for hydroxylation is 1. The van der Waals surface area contributed by atoms with Crippen molar-refractivity contribution in [3.63, 3.8) is 0 Å². The summed E-state index contributed by atoms with van der Waals surface area (Å²) in [6, 6.07) is 1.69. The molecule has 0 fully saturated rings. The van der Waals surface area contributed by atoms with Crippen molar-refractivity contribution in [2.45, 2.75) is 47.0 Å². The van der Waals surface area contributed by atoms with Gasteiger partial charge in [0.1, 0.15) is 0 Å². The van der Waals surface area contributed by atoms with E-state index in [1.165, 1.54) is 6.42 Å². The van der Waals surface area contributed by atoms with Crippen molar-refractivity contribution in [1.29, 1.82) is 0 Å². The average Bonchev–Trinajstić information content (AvgIpc) is 2.75. The second kappa shape index (κ2) is 7.19. The first-order valence-corrected chi connectivity index (χ1v) is 6.77. The third-order valence-electron chi connectivity index (χ3n) is 2.97. The van der Waals surface area contributed by atoms with Crippen LogP contribution < -0.4 is 0 Å². The molecule has 1 aromatic rings. The number of carbonyl (C=O) groups excluding carboxylic acids is 1. The van der Waals surface area contributed by atoms with Gasteiger partial charge in [0.25, 0.3) is 5.91 Å². The monoisotopic (exact) mass is 252 g/mol. The number of aromatic nitrogens is 1. The largest absolute Gasteiger partial charge is 0.351 e. The molecule has 0 unspecified atom stereocenters. The van der Waals surface area contributed by atoms with E-state index in [-0.39, 0.29) is 5.91 Å². The van der Waals surface area contributed by atoms with Gasteiger partial charge in [-0.25, -0.2) is 0 Å². The van der Waals surface area contributed by atoms with E-state index in [0.29, 0.717) is 12.3 Å². The first kappa shape index (κ1) is 14.7. The molecule has 1 amide bonds. The lowest BCUT2D eigenvalue weighted by Crippen LogP contribution is -2.31. The molecule has 0 aromatic carbocycles. The molecule has 4 nitrogen and oxygen atoms in total. The van der Waals surface area contributed by atoms with E-state index in [1.807, 2.05) is 18.7 Å². The molecule has 0 saturated carbocycles. The van der Waals surface area contributed by atoms with Gasteiger partial charge in [-0.2, -0.15) is 0 Å². The summed E-state index contributed by atoms with van der Waals surface area (Å²) in [6.45, 7) is 9.75. The maximum Gasteiger partial charge on any atom is 0.292 e. The van der Waals surface area contributed by atoms with Gasteiger partial charge in [0.2, 0.25) is 5.76 Å². The van der Waals surface area contributed by atoms with Crippen LogP contribution in [0.25, 0.3) is 0 Å². The number of hydrogen-bond donors (Lipinski definition) is 0. The number of nitrogens with zero attached hydrogens (tertiary/aromatic N) is 2. The van der Waals surface area contributed by atoms with Crippen molar-refractivity contribution in [1.82, 2.24) is 10.1 Å². The van der Waals surface area contributed by atoms with Crippen LogP contribution in [0.5, 0.6) is 0 Å². The Morgan fingerprint density at radius 2 is 2.17 bits per heavy atom. The lowest BCUT2D eigenvalue weighted by Gasteiger charge is -2.19. The maximum absolute atomic E-state index is 12.1. The summed E-state index contributed by atoms with van der Waals surface area (Å²) in [5.41, 5.74) is 0.745. The molecular formula is C14H24N2O2. The molecule has 4 heteroatoms. The van der Waals surface area contributed by atoms with Gasteiger partial charge in [-0.3, -0.25) is 4.79 Å². The summed E-state index contributed by atoms with van der Waals surface area (Å²) < 4.78 is 5.01. The molecule has 0 N–H and O–H groups in total. The lowest BCUT2D eigenvalue weighted by molar-refractivity contribution is 0.0719. The molecule has 1 aromatic heterocycles. The number of hydrogen-bond acceptors (Lipinski definition) is 3. The predicted molar refractivity (Wildman–Crippen MR) is 71.5 cm³/mol. The molecule has 0 aliphatic rings. The molecule has 1 rings (SSSR count). The molecule has 0 aliphatic carbocycles. The maximum atomic E-state index is 12.1. The Kier molecular flexibility index (Phi) is 5.89. The Hall–Kier alpha value is -1.32. The standard InChI is InChI=1S/C14H24N2O2/c1-5-16(9-7-6-8-11(2)3)14(17)13-10-12(4)15-18-13/h10-11H,5-9H2,1-4H3. The van der Waals surface area contributed by atoms with Crippen molar-refractivity contribution in [2.24, 2.45) is 5.92 Å². The second-order valence-corrected chi connectivity index (χ2v) is 5.11. The highest BCUT2D eigenvalue weighted by Gasteiger charge is 2.18. The Balaban J connectivity index is 2.43. The zero-order valence-electron chi connectivity index (χ0n) is 11.9. The lowest BCUT2D eigenvalue weighted by atomic mass is 10.1. The van der Waals surface area contributed by atoms with E-state index in [0.717, 1.165) is 31.0 Å². The minimum absolute atomic E-state index is 0.0531. The quantitative estimate of drug-likeness (QED) is 0.700. The van der Waals surface area contributed by atoms with Crippen LogP contribution in [0, 0.1) is 12.8 Å². The fraction of sp³-hybridized carbons (Fsp3) is 0.714. The third kappa shape index (κ3) is 4.51. The molecule has 0 radical (unpaired) electrons. The van der Waals surface area contributed by atoms with Crippen molar-refractivity contribution in [3.05, 3.63) is 17.5 Å². The van der Waals surface area contributed by atoms with E-state index < -0.39 is 0 Å². The molecule has 0 saturated heterocycles. The Bertz CT molecular complexity index is 372. The Morgan fingerprint density at radius 1 is 1.44 bits per heavy atom. The van der Waals surface area contributed by atoms with E-state index in [9.17, 15) is 4.79 Å². The van der Waals surface area contributed by atoms with Crippen molar-refractivity contribution in [3.8, 4) is 0 Å². The van der Waals surface area contributed by atoms with Gasteiger partial charge >= 0.3 is 0 Å². The van der Waals surface area contributed by atoms with Crippen LogP contribution in [0.1, 0.15) is 56.3 Å². The van der Waals surface area contributed by atoms with Crippen LogP contribution in [0.15, 0.2) is 10.6 Å². The minimum atomic E-state index is -0.0531. The Labute approximate surface area is 109 Å². The van der Waals surface area contributed by atoms with E-state index in [1.54, 1.807) is 6.07 Å². The van der Waals surface area contributed by atoms with Gasteiger partial charge in [0.05, 0.1) is 5.69 Å². The van der Waals surface area contributed by atoms with Crippen LogP contribution >= 0.6 is 0 Å². The van der Waals surface area contributed by atoms with E-state index in [2.05, 4.69) is 19.0 Å². The zero-order chi connectivity index (χ0) is 13.5. The molecule has 0 bridgehead atoms. The summed E-state index contributed by atoms with van der Waals surface area (Å²) in [7, 11) is 0. The summed E-state index contributed by atoms with van der Waals surface area (Å²) >= 11 is 0. The van der Waals surface area contributed by atoms with Crippen LogP contribution in [-0.4, -0.2) is 29.1 Å². The fourth-order valence-electron chi connectivity index (χ4n) is 1.88. The van der Waals surface area contributed by atoms with Crippen LogP contribution in [0.2, 0.25) is 0 Å². The number of rotatable bonds is 7. The molecule has 0 atom stereocenters. The van der Waals surface area contributed by atoms with Gasteiger partial charge in [-0.15, -0.1) is 0 Å². The highest BCUT2D eigenvalue weighted by molar-refractivity contribution is 5.91. The van der Waals surface area contributed by atoms with Gasteiger partial charge in [0.15, 0.2) is 0 Å². The molecule has 0 spiro atoms. The first-order valence-electron chi connectivity index (χ1n) is 6.77. The second-order valence-electron chi connectivity index (χ2n) is 5.11. The van der Waals surface area contributed by atoms with Crippen LogP contribution in [0.4, 0.5) is 0 Å². The number of unbranched alkanes of at least 4 members (excludes halogenated alkanes) is 1. The van der Waals surface area contributed by atoms with Gasteiger partial charge in [-0.05, 0) is 26.2 Å². The highest BCUT2D eigenvalue weighted by Crippen LogP contribution is 2.10. The average molecular weight is 252 g/mol. The number of carbonyl (C=O) groups is 1. The summed E-state index contributed by atoms with van der Waals surface area (Å²) in [5, 5.41) is 3.75. The molecular weight excluding hydrogens is 228 g/mol. The van der Waals surface area contributed by atoms with E-state index >= 15 is 0 Å². The van der Waals surface area contributed by atoms with Gasteiger partial charge < -0.3 is 9.42 Å². The van der Waals surface area contributed by atoms with E-state index in [4.69, 9.17) is 4.52 Å². The minimum Gasteiger partial charge on any atom is -0.351 e. The zero-order valence-corrected chi connectivity index (χ0v) is 11.9. The molecule has 18 heavy (non-hydrogen) atoms. The first-order chi connectivity index (χ1) is 8.54. The summed E-state index contributed by atoms with van der Waals surface area (Å²) in [6.07, 6.45) is 3.43. The normalized spacial score (nSPS) is 10.9. The molecule has 1 heterocycles. The summed E-state index contributed by atoms with van der Waals surface area (Å²) in [5.74, 6) is 1.02. The fourth-order valence-corrected chi connectivity index (χ4v) is 1.88. The predicted octanol–water partition coefficient (Wildman–Crippen LogP) is 3.27. The molecule has 0 aliphatic heterocycles. The Morgan fingerprint density at radius 3 is 2.67 bits per heavy atom. The smallest absolute Gasteiger partial charge is 0.292 e. The van der Waals surface area contributed by atoms with Crippen molar-refractivity contribution >= 4 is 5.91 Å². The highest BCUT2D eigenvalue weighted by atomic mass is 16.5. The topological polar surface area (TPSA) is 46.3 Å². The van der Waals surface area contributed by atoms with Crippen LogP contribution in [0.3, 0.4) is 0 Å².